The van der Waals surface area contributed by atoms with Crippen molar-refractivity contribution in [1.29, 1.82) is 0 Å². The van der Waals surface area contributed by atoms with Gasteiger partial charge in [0.05, 0.1) is 16.9 Å². The van der Waals surface area contributed by atoms with Gasteiger partial charge < -0.3 is 11.1 Å². The Labute approximate surface area is 120 Å². The Kier molecular flexibility index (Phi) is 5.96. The molecule has 3 N–H and O–H groups in total. The summed E-state index contributed by atoms with van der Waals surface area (Å²) in [6.45, 7) is 5.98. The molecule has 1 aromatic rings. The molecule has 1 aromatic carbocycles. The Morgan fingerprint density at radius 1 is 1.32 bits per heavy atom. The molecule has 0 aromatic heterocycles. The number of thiocarbonyl (C=S) groups is 1. The third kappa shape index (κ3) is 4.31. The Balaban J connectivity index is 2.92. The van der Waals surface area contributed by atoms with E-state index in [2.05, 4.69) is 19.2 Å². The fourth-order valence-electron chi connectivity index (χ4n) is 2.01. The van der Waals surface area contributed by atoms with Crippen LogP contribution in [-0.4, -0.2) is 16.9 Å². The van der Waals surface area contributed by atoms with Crippen LogP contribution in [-0.2, 0) is 4.79 Å². The predicted molar refractivity (Wildman–Crippen MR) is 83.0 cm³/mol. The Bertz CT molecular complexity index is 433. The van der Waals surface area contributed by atoms with Crippen LogP contribution in [0.5, 0.6) is 0 Å². The smallest absolute Gasteiger partial charge is 0.228 e. The number of nitrogens with one attached hydrogen (secondary N) is 1. The number of amides is 1. The summed E-state index contributed by atoms with van der Waals surface area (Å²) >= 11 is 4.90. The first-order valence-corrected chi connectivity index (χ1v) is 7.02. The van der Waals surface area contributed by atoms with Crippen LogP contribution < -0.4 is 11.1 Å². The summed E-state index contributed by atoms with van der Waals surface area (Å²) in [7, 11) is 0. The molecule has 3 atom stereocenters. The zero-order valence-corrected chi connectivity index (χ0v) is 12.5. The van der Waals surface area contributed by atoms with Crippen molar-refractivity contribution in [2.75, 3.05) is 0 Å². The van der Waals surface area contributed by atoms with E-state index in [9.17, 15) is 4.79 Å². The molecular weight excluding hydrogens is 256 g/mol. The topological polar surface area (TPSA) is 55.1 Å². The van der Waals surface area contributed by atoms with Crippen LogP contribution in [0.3, 0.4) is 0 Å². The minimum atomic E-state index is -0.280. The maximum absolute atomic E-state index is 12.4. The van der Waals surface area contributed by atoms with Crippen molar-refractivity contribution in [3.05, 3.63) is 35.9 Å². The predicted octanol–water partition coefficient (Wildman–Crippen LogP) is 2.61. The van der Waals surface area contributed by atoms with Crippen molar-refractivity contribution < 1.29 is 4.79 Å². The second kappa shape index (κ2) is 7.24. The van der Waals surface area contributed by atoms with E-state index in [1.54, 1.807) is 6.92 Å². The molecule has 0 saturated heterocycles. The van der Waals surface area contributed by atoms with E-state index in [0.29, 0.717) is 4.99 Å². The molecule has 0 aliphatic rings. The maximum Gasteiger partial charge on any atom is 0.228 e. The van der Waals surface area contributed by atoms with Crippen LogP contribution in [0.2, 0.25) is 0 Å². The highest BCUT2D eigenvalue weighted by molar-refractivity contribution is 7.80. The minimum absolute atomic E-state index is 0.0131. The lowest BCUT2D eigenvalue weighted by atomic mass is 9.84. The molecular formula is C15H22N2OS. The number of hydrogen-bond donors (Lipinski definition) is 2. The van der Waals surface area contributed by atoms with Crippen molar-refractivity contribution in [1.82, 2.24) is 5.32 Å². The summed E-state index contributed by atoms with van der Waals surface area (Å²) in [5.41, 5.74) is 6.58. The van der Waals surface area contributed by atoms with Crippen LogP contribution in [0.4, 0.5) is 0 Å². The largest absolute Gasteiger partial charge is 0.392 e. The highest BCUT2D eigenvalue weighted by Crippen LogP contribution is 2.27. The monoisotopic (exact) mass is 278 g/mol. The maximum atomic E-state index is 12.4. The molecule has 0 spiro atoms. The van der Waals surface area contributed by atoms with E-state index >= 15 is 0 Å². The van der Waals surface area contributed by atoms with Gasteiger partial charge in [0.25, 0.3) is 0 Å². The van der Waals surface area contributed by atoms with E-state index in [1.807, 2.05) is 30.3 Å². The quantitative estimate of drug-likeness (QED) is 0.786. The summed E-state index contributed by atoms with van der Waals surface area (Å²) < 4.78 is 0. The number of rotatable bonds is 6. The summed E-state index contributed by atoms with van der Waals surface area (Å²) in [4.78, 5) is 12.7. The van der Waals surface area contributed by atoms with Gasteiger partial charge in [-0.2, -0.15) is 0 Å². The highest BCUT2D eigenvalue weighted by Gasteiger charge is 2.26. The lowest BCUT2D eigenvalue weighted by molar-refractivity contribution is -0.123. The van der Waals surface area contributed by atoms with Gasteiger partial charge in [0.15, 0.2) is 0 Å². The molecule has 1 amide bonds. The van der Waals surface area contributed by atoms with E-state index < -0.39 is 0 Å². The number of nitrogens with two attached hydrogens (primary N) is 1. The van der Waals surface area contributed by atoms with Crippen LogP contribution in [0, 0.1) is 5.92 Å². The van der Waals surface area contributed by atoms with Crippen molar-refractivity contribution in [2.45, 2.75) is 39.2 Å². The van der Waals surface area contributed by atoms with Gasteiger partial charge in [0.2, 0.25) is 5.91 Å². The van der Waals surface area contributed by atoms with Gasteiger partial charge >= 0.3 is 0 Å². The molecule has 0 aliphatic heterocycles. The average Bonchev–Trinajstić information content (AvgIpc) is 2.39. The van der Waals surface area contributed by atoms with Crippen LogP contribution in [0.25, 0.3) is 0 Å². The van der Waals surface area contributed by atoms with E-state index in [-0.39, 0.29) is 23.8 Å². The van der Waals surface area contributed by atoms with Gasteiger partial charge in [0, 0.05) is 0 Å². The molecule has 1 rings (SSSR count). The Hall–Kier alpha value is -1.42. The fourth-order valence-corrected chi connectivity index (χ4v) is 2.07. The third-order valence-corrected chi connectivity index (χ3v) is 3.79. The number of carbonyl (C=O) groups excluding carboxylic acids is 1. The van der Waals surface area contributed by atoms with Crippen molar-refractivity contribution in [3.8, 4) is 0 Å². The Morgan fingerprint density at radius 2 is 1.89 bits per heavy atom. The zero-order chi connectivity index (χ0) is 14.4. The molecule has 19 heavy (non-hydrogen) atoms. The highest BCUT2D eigenvalue weighted by atomic mass is 32.1. The molecule has 0 heterocycles. The summed E-state index contributed by atoms with van der Waals surface area (Å²) in [5.74, 6) is 0.0878. The van der Waals surface area contributed by atoms with Crippen LogP contribution in [0.1, 0.15) is 38.7 Å². The van der Waals surface area contributed by atoms with Crippen molar-refractivity contribution in [2.24, 2.45) is 11.7 Å². The molecule has 4 heteroatoms. The number of hydrogen-bond acceptors (Lipinski definition) is 2. The fraction of sp³-hybridized carbons (Fsp3) is 0.467. The lowest BCUT2D eigenvalue weighted by Crippen LogP contribution is -2.44. The van der Waals surface area contributed by atoms with Gasteiger partial charge in [0.1, 0.15) is 0 Å². The Morgan fingerprint density at radius 3 is 2.37 bits per heavy atom. The molecule has 0 aliphatic carbocycles. The molecule has 3 unspecified atom stereocenters. The van der Waals surface area contributed by atoms with E-state index in [1.165, 1.54) is 0 Å². The molecule has 0 fully saturated rings. The standard InChI is InChI=1S/C15H22N2OS/c1-4-10(2)13(12-8-6-5-7-9-12)15(18)17-11(3)14(16)19/h5-11,13H,4H2,1-3H3,(H2,16,19)(H,17,18). The minimum Gasteiger partial charge on any atom is -0.392 e. The lowest BCUT2D eigenvalue weighted by Gasteiger charge is -2.24. The first kappa shape index (κ1) is 15.6. The van der Waals surface area contributed by atoms with Gasteiger partial charge in [-0.15, -0.1) is 0 Å². The van der Waals surface area contributed by atoms with Gasteiger partial charge in [-0.25, -0.2) is 0 Å². The second-order valence-electron chi connectivity index (χ2n) is 4.91. The van der Waals surface area contributed by atoms with Crippen molar-refractivity contribution >= 4 is 23.1 Å². The molecule has 0 radical (unpaired) electrons. The van der Waals surface area contributed by atoms with Crippen LogP contribution >= 0.6 is 12.2 Å². The number of benzene rings is 1. The van der Waals surface area contributed by atoms with E-state index in [0.717, 1.165) is 12.0 Å². The van der Waals surface area contributed by atoms with Crippen LogP contribution in [0.15, 0.2) is 30.3 Å². The third-order valence-electron chi connectivity index (χ3n) is 3.44. The van der Waals surface area contributed by atoms with Crippen molar-refractivity contribution in [3.63, 3.8) is 0 Å². The molecule has 0 bridgehead atoms. The molecule has 3 nitrogen and oxygen atoms in total. The summed E-state index contributed by atoms with van der Waals surface area (Å²) in [6.07, 6.45) is 0.939. The van der Waals surface area contributed by atoms with Gasteiger partial charge in [-0.1, -0.05) is 62.8 Å². The van der Waals surface area contributed by atoms with E-state index in [4.69, 9.17) is 18.0 Å². The second-order valence-corrected chi connectivity index (χ2v) is 5.38. The first-order chi connectivity index (χ1) is 8.97. The SMILES string of the molecule is CCC(C)C(C(=O)NC(C)C(N)=S)c1ccccc1. The van der Waals surface area contributed by atoms with Gasteiger partial charge in [-0.05, 0) is 18.4 Å². The molecule has 104 valence electrons. The summed E-state index contributed by atoms with van der Waals surface area (Å²) in [5, 5.41) is 2.89. The normalized spacial score (nSPS) is 15.3. The summed E-state index contributed by atoms with van der Waals surface area (Å²) in [6, 6.07) is 9.55. The average molecular weight is 278 g/mol. The zero-order valence-electron chi connectivity index (χ0n) is 11.7. The first-order valence-electron chi connectivity index (χ1n) is 6.62. The number of carbonyl (C=O) groups is 1. The van der Waals surface area contributed by atoms with Gasteiger partial charge in [-0.3, -0.25) is 4.79 Å². The molecule has 0 saturated carbocycles.